The summed E-state index contributed by atoms with van der Waals surface area (Å²) in [5, 5.41) is 3.01. The van der Waals surface area contributed by atoms with E-state index in [-0.39, 0.29) is 11.8 Å². The van der Waals surface area contributed by atoms with Crippen LogP contribution in [0.15, 0.2) is 30.1 Å². The van der Waals surface area contributed by atoms with Crippen LogP contribution in [0.4, 0.5) is 5.69 Å². The summed E-state index contributed by atoms with van der Waals surface area (Å²) in [6.45, 7) is 5.22. The molecule has 0 saturated carbocycles. The van der Waals surface area contributed by atoms with E-state index in [0.717, 1.165) is 25.2 Å². The van der Waals surface area contributed by atoms with Crippen LogP contribution >= 0.6 is 0 Å². The van der Waals surface area contributed by atoms with Gasteiger partial charge >= 0.3 is 0 Å². The molecule has 3 rings (SSSR count). The maximum atomic E-state index is 12.4. The molecule has 0 aromatic carbocycles. The van der Waals surface area contributed by atoms with Gasteiger partial charge in [0.25, 0.3) is 5.91 Å². The largest absolute Gasteiger partial charge is 0.367 e. The van der Waals surface area contributed by atoms with E-state index in [4.69, 9.17) is 0 Å². The summed E-state index contributed by atoms with van der Waals surface area (Å²) >= 11 is 0. The normalized spacial score (nSPS) is 17.7. The van der Waals surface area contributed by atoms with Crippen molar-refractivity contribution in [1.82, 2.24) is 15.2 Å². The van der Waals surface area contributed by atoms with Gasteiger partial charge in [0.2, 0.25) is 5.91 Å². The van der Waals surface area contributed by atoms with Gasteiger partial charge < -0.3 is 15.1 Å². The number of allylic oxidation sites excluding steroid dienone is 1. The number of aromatic nitrogens is 1. The predicted molar refractivity (Wildman–Crippen MR) is 102 cm³/mol. The average Bonchev–Trinajstić information content (AvgIpc) is 2.69. The summed E-state index contributed by atoms with van der Waals surface area (Å²) in [7, 11) is 0. The van der Waals surface area contributed by atoms with Gasteiger partial charge in [-0.25, -0.2) is 0 Å². The fourth-order valence-corrected chi connectivity index (χ4v) is 3.57. The van der Waals surface area contributed by atoms with Crippen molar-refractivity contribution < 1.29 is 9.59 Å². The van der Waals surface area contributed by atoms with Crippen LogP contribution in [0.3, 0.4) is 0 Å². The minimum absolute atomic E-state index is 0.0712. The first-order chi connectivity index (χ1) is 12.6. The van der Waals surface area contributed by atoms with Crippen molar-refractivity contribution in [3.8, 4) is 0 Å². The number of amides is 2. The van der Waals surface area contributed by atoms with E-state index in [9.17, 15) is 9.59 Å². The van der Waals surface area contributed by atoms with Crippen molar-refractivity contribution in [2.24, 2.45) is 0 Å². The fourth-order valence-electron chi connectivity index (χ4n) is 3.57. The van der Waals surface area contributed by atoms with Crippen molar-refractivity contribution in [3.63, 3.8) is 0 Å². The highest BCUT2D eigenvalue weighted by atomic mass is 16.2. The third kappa shape index (κ3) is 4.84. The van der Waals surface area contributed by atoms with Gasteiger partial charge in [0, 0.05) is 45.8 Å². The SMILES string of the molecule is CC(=O)N1CCN(c2cncc(C(=O)NCCC3=CCCCC3)c2)CC1. The van der Waals surface area contributed by atoms with E-state index in [1.54, 1.807) is 19.3 Å². The Kier molecular flexibility index (Phi) is 6.26. The second-order valence-electron chi connectivity index (χ2n) is 7.04. The number of nitrogens with one attached hydrogen (secondary N) is 1. The van der Waals surface area contributed by atoms with Gasteiger partial charge in [0.1, 0.15) is 0 Å². The van der Waals surface area contributed by atoms with Gasteiger partial charge in [-0.1, -0.05) is 11.6 Å². The van der Waals surface area contributed by atoms with Crippen LogP contribution < -0.4 is 10.2 Å². The smallest absolute Gasteiger partial charge is 0.252 e. The Morgan fingerprint density at radius 1 is 1.15 bits per heavy atom. The zero-order valence-corrected chi connectivity index (χ0v) is 15.5. The Morgan fingerprint density at radius 3 is 2.65 bits per heavy atom. The Labute approximate surface area is 155 Å². The molecule has 0 atom stereocenters. The predicted octanol–water partition coefficient (Wildman–Crippen LogP) is 2.37. The Bertz CT molecular complexity index is 678. The molecule has 0 bridgehead atoms. The van der Waals surface area contributed by atoms with Crippen LogP contribution in [0.1, 0.15) is 49.4 Å². The first-order valence-electron chi connectivity index (χ1n) is 9.55. The number of hydrogen-bond donors (Lipinski definition) is 1. The molecule has 1 saturated heterocycles. The van der Waals surface area contributed by atoms with Crippen LogP contribution in [0.2, 0.25) is 0 Å². The quantitative estimate of drug-likeness (QED) is 0.823. The molecule has 6 heteroatoms. The van der Waals surface area contributed by atoms with Gasteiger partial charge in [-0.2, -0.15) is 0 Å². The summed E-state index contributed by atoms with van der Waals surface area (Å²) in [5.74, 6) is 0.0436. The number of hydrogen-bond acceptors (Lipinski definition) is 4. The third-order valence-electron chi connectivity index (χ3n) is 5.19. The molecule has 1 aromatic heterocycles. The molecule has 1 aromatic rings. The lowest BCUT2D eigenvalue weighted by molar-refractivity contribution is -0.129. The minimum atomic E-state index is -0.0712. The van der Waals surface area contributed by atoms with E-state index in [1.165, 1.54) is 31.3 Å². The summed E-state index contributed by atoms with van der Waals surface area (Å²) in [6, 6.07) is 1.89. The van der Waals surface area contributed by atoms with Crippen LogP contribution in [-0.2, 0) is 4.79 Å². The summed E-state index contributed by atoms with van der Waals surface area (Å²) in [6.07, 6.45) is 11.5. The molecule has 140 valence electrons. The topological polar surface area (TPSA) is 65.5 Å². The van der Waals surface area contributed by atoms with E-state index < -0.39 is 0 Å². The van der Waals surface area contributed by atoms with Crippen molar-refractivity contribution in [3.05, 3.63) is 35.7 Å². The molecular weight excluding hydrogens is 328 g/mol. The molecule has 0 unspecified atom stereocenters. The van der Waals surface area contributed by atoms with Crippen molar-refractivity contribution in [1.29, 1.82) is 0 Å². The molecule has 1 aliphatic heterocycles. The van der Waals surface area contributed by atoms with Gasteiger partial charge in [0.15, 0.2) is 0 Å². The highest BCUT2D eigenvalue weighted by Gasteiger charge is 2.19. The monoisotopic (exact) mass is 356 g/mol. The first kappa shape index (κ1) is 18.4. The lowest BCUT2D eigenvalue weighted by Crippen LogP contribution is -2.48. The van der Waals surface area contributed by atoms with Crippen LogP contribution in [0, 0.1) is 0 Å². The van der Waals surface area contributed by atoms with E-state index in [0.29, 0.717) is 25.2 Å². The zero-order chi connectivity index (χ0) is 18.4. The number of nitrogens with zero attached hydrogens (tertiary/aromatic N) is 3. The molecular formula is C20H28N4O2. The number of pyridine rings is 1. The van der Waals surface area contributed by atoms with E-state index in [2.05, 4.69) is 21.3 Å². The Balaban J connectivity index is 1.52. The van der Waals surface area contributed by atoms with Gasteiger partial charge in [-0.3, -0.25) is 14.6 Å². The minimum Gasteiger partial charge on any atom is -0.367 e. The molecule has 1 N–H and O–H groups in total. The number of carbonyl (C=O) groups is 2. The summed E-state index contributed by atoms with van der Waals surface area (Å²) < 4.78 is 0. The molecule has 2 aliphatic rings. The number of piperazine rings is 1. The Hall–Kier alpha value is -2.37. The third-order valence-corrected chi connectivity index (χ3v) is 5.19. The zero-order valence-electron chi connectivity index (χ0n) is 15.5. The average molecular weight is 356 g/mol. The standard InChI is InChI=1S/C20H28N4O2/c1-16(25)23-9-11-24(12-10-23)19-13-18(14-21-15-19)20(26)22-8-7-17-5-3-2-4-6-17/h5,13-15H,2-4,6-12H2,1H3,(H,22,26). The highest BCUT2D eigenvalue weighted by Crippen LogP contribution is 2.20. The molecule has 1 aliphatic carbocycles. The molecule has 2 heterocycles. The highest BCUT2D eigenvalue weighted by molar-refractivity contribution is 5.94. The van der Waals surface area contributed by atoms with Crippen LogP contribution in [0.25, 0.3) is 0 Å². The second kappa shape index (κ2) is 8.83. The maximum absolute atomic E-state index is 12.4. The first-order valence-corrected chi connectivity index (χ1v) is 9.55. The lowest BCUT2D eigenvalue weighted by Gasteiger charge is -2.35. The van der Waals surface area contributed by atoms with Gasteiger partial charge in [0.05, 0.1) is 17.4 Å². The van der Waals surface area contributed by atoms with Crippen LogP contribution in [-0.4, -0.2) is 54.4 Å². The van der Waals surface area contributed by atoms with Gasteiger partial charge in [-0.15, -0.1) is 0 Å². The summed E-state index contributed by atoms with van der Waals surface area (Å²) in [5.41, 5.74) is 3.00. The van der Waals surface area contributed by atoms with Crippen molar-refractivity contribution >= 4 is 17.5 Å². The molecule has 0 spiro atoms. The Morgan fingerprint density at radius 2 is 1.96 bits per heavy atom. The summed E-state index contributed by atoms with van der Waals surface area (Å²) in [4.78, 5) is 32.1. The van der Waals surface area contributed by atoms with Crippen molar-refractivity contribution in [2.45, 2.75) is 39.0 Å². The molecule has 2 amide bonds. The van der Waals surface area contributed by atoms with Gasteiger partial charge in [-0.05, 0) is 38.2 Å². The second-order valence-corrected chi connectivity index (χ2v) is 7.04. The van der Waals surface area contributed by atoms with Crippen molar-refractivity contribution in [2.75, 3.05) is 37.6 Å². The molecule has 0 radical (unpaired) electrons. The van der Waals surface area contributed by atoms with E-state index in [1.807, 2.05) is 11.0 Å². The van der Waals surface area contributed by atoms with Crippen LogP contribution in [0.5, 0.6) is 0 Å². The fraction of sp³-hybridized carbons (Fsp3) is 0.550. The molecule has 1 fully saturated rings. The van der Waals surface area contributed by atoms with E-state index >= 15 is 0 Å². The maximum Gasteiger partial charge on any atom is 0.252 e. The lowest BCUT2D eigenvalue weighted by atomic mass is 9.97. The molecule has 26 heavy (non-hydrogen) atoms. The number of carbonyl (C=O) groups excluding carboxylic acids is 2. The molecule has 6 nitrogen and oxygen atoms in total. The number of anilines is 1. The number of rotatable bonds is 5.